The van der Waals surface area contributed by atoms with E-state index in [-0.39, 0.29) is 0 Å². The number of hydrogen-bond donors (Lipinski definition) is 1. The van der Waals surface area contributed by atoms with Crippen LogP contribution in [-0.2, 0) is 0 Å². The van der Waals surface area contributed by atoms with Crippen LogP contribution in [0, 0.1) is 17.2 Å². The number of aromatic nitrogens is 1. The van der Waals surface area contributed by atoms with Crippen LogP contribution in [0.15, 0.2) is 18.2 Å². The van der Waals surface area contributed by atoms with Gasteiger partial charge in [0.05, 0.1) is 0 Å². The minimum Gasteiger partial charge on any atom is -0.356 e. The maximum atomic E-state index is 8.85. The topological polar surface area (TPSA) is 65.9 Å². The molecule has 2 rings (SSSR count). The summed E-state index contributed by atoms with van der Waals surface area (Å²) in [5.41, 5.74) is 6.56. The van der Waals surface area contributed by atoms with E-state index in [0.29, 0.717) is 17.7 Å². The molecule has 1 aromatic rings. The first-order valence-corrected chi connectivity index (χ1v) is 6.12. The second kappa shape index (κ2) is 5.15. The maximum absolute atomic E-state index is 8.85. The Kier molecular flexibility index (Phi) is 3.60. The Morgan fingerprint density at radius 3 is 3.12 bits per heavy atom. The summed E-state index contributed by atoms with van der Waals surface area (Å²) in [5.74, 6) is 1.42. The molecule has 0 saturated carbocycles. The van der Waals surface area contributed by atoms with Crippen LogP contribution in [0.3, 0.4) is 0 Å². The van der Waals surface area contributed by atoms with Gasteiger partial charge in [-0.2, -0.15) is 5.26 Å². The zero-order valence-corrected chi connectivity index (χ0v) is 10.1. The zero-order chi connectivity index (χ0) is 12.3. The summed E-state index contributed by atoms with van der Waals surface area (Å²) >= 11 is 0. The standard InChI is InChI=1S/C13H18N4/c1-2-10-9-17(7-6-12(10)15)13-5-3-4-11(8-14)16-13/h3-5,10,12H,2,6-7,9,15H2,1H3. The molecule has 1 aliphatic heterocycles. The molecule has 1 aromatic heterocycles. The van der Waals surface area contributed by atoms with Gasteiger partial charge in [-0.1, -0.05) is 19.4 Å². The van der Waals surface area contributed by atoms with Crippen LogP contribution in [0.1, 0.15) is 25.5 Å². The first-order chi connectivity index (χ1) is 8.24. The molecule has 1 aliphatic rings. The largest absolute Gasteiger partial charge is 0.356 e. The van der Waals surface area contributed by atoms with Crippen molar-refractivity contribution in [2.75, 3.05) is 18.0 Å². The quantitative estimate of drug-likeness (QED) is 0.836. The minimum absolute atomic E-state index is 0.301. The van der Waals surface area contributed by atoms with Crippen LogP contribution in [0.5, 0.6) is 0 Å². The summed E-state index contributed by atoms with van der Waals surface area (Å²) in [7, 11) is 0. The number of piperidine rings is 1. The maximum Gasteiger partial charge on any atom is 0.142 e. The Hall–Kier alpha value is -1.60. The van der Waals surface area contributed by atoms with Gasteiger partial charge in [0.2, 0.25) is 0 Å². The summed E-state index contributed by atoms with van der Waals surface area (Å²) < 4.78 is 0. The summed E-state index contributed by atoms with van der Waals surface area (Å²) in [6.07, 6.45) is 2.09. The summed E-state index contributed by atoms with van der Waals surface area (Å²) in [6, 6.07) is 7.96. The minimum atomic E-state index is 0.301. The van der Waals surface area contributed by atoms with Crippen molar-refractivity contribution in [3.63, 3.8) is 0 Å². The van der Waals surface area contributed by atoms with Crippen molar-refractivity contribution < 1.29 is 0 Å². The number of hydrogen-bond acceptors (Lipinski definition) is 4. The van der Waals surface area contributed by atoms with Crippen LogP contribution >= 0.6 is 0 Å². The Morgan fingerprint density at radius 1 is 1.59 bits per heavy atom. The van der Waals surface area contributed by atoms with E-state index in [4.69, 9.17) is 11.0 Å². The van der Waals surface area contributed by atoms with E-state index in [1.807, 2.05) is 12.1 Å². The Balaban J connectivity index is 2.15. The number of anilines is 1. The summed E-state index contributed by atoms with van der Waals surface area (Å²) in [6.45, 7) is 4.05. The van der Waals surface area contributed by atoms with Gasteiger partial charge < -0.3 is 10.6 Å². The lowest BCUT2D eigenvalue weighted by atomic mass is 9.91. The highest BCUT2D eigenvalue weighted by atomic mass is 15.2. The number of rotatable bonds is 2. The van der Waals surface area contributed by atoms with E-state index < -0.39 is 0 Å². The lowest BCUT2D eigenvalue weighted by Crippen LogP contribution is -2.47. The summed E-state index contributed by atoms with van der Waals surface area (Å²) in [5, 5.41) is 8.85. The van der Waals surface area contributed by atoms with Crippen LogP contribution < -0.4 is 10.6 Å². The molecule has 1 fully saturated rings. The number of pyridine rings is 1. The normalized spacial score (nSPS) is 24.4. The molecule has 2 unspecified atom stereocenters. The molecule has 0 radical (unpaired) electrons. The van der Waals surface area contributed by atoms with E-state index in [2.05, 4.69) is 22.9 Å². The third-order valence-electron chi connectivity index (χ3n) is 3.49. The number of nitrogens with two attached hydrogens (primary N) is 1. The molecular weight excluding hydrogens is 212 g/mol. The van der Waals surface area contributed by atoms with Crippen LogP contribution in [0.2, 0.25) is 0 Å². The second-order valence-corrected chi connectivity index (χ2v) is 4.56. The van der Waals surface area contributed by atoms with Crippen molar-refractivity contribution in [3.8, 4) is 6.07 Å². The molecule has 0 aliphatic carbocycles. The van der Waals surface area contributed by atoms with Crippen molar-refractivity contribution in [3.05, 3.63) is 23.9 Å². The lowest BCUT2D eigenvalue weighted by molar-refractivity contribution is 0.347. The fourth-order valence-electron chi connectivity index (χ4n) is 2.35. The average molecular weight is 230 g/mol. The van der Waals surface area contributed by atoms with Gasteiger partial charge in [-0.15, -0.1) is 0 Å². The lowest BCUT2D eigenvalue weighted by Gasteiger charge is -2.37. The van der Waals surface area contributed by atoms with Crippen LogP contribution in [0.4, 0.5) is 5.82 Å². The fourth-order valence-corrected chi connectivity index (χ4v) is 2.35. The highest BCUT2D eigenvalue weighted by Gasteiger charge is 2.25. The molecule has 4 heteroatoms. The van der Waals surface area contributed by atoms with E-state index in [0.717, 1.165) is 31.7 Å². The van der Waals surface area contributed by atoms with E-state index in [1.54, 1.807) is 6.07 Å². The van der Waals surface area contributed by atoms with E-state index in [9.17, 15) is 0 Å². The zero-order valence-electron chi connectivity index (χ0n) is 10.1. The van der Waals surface area contributed by atoms with Gasteiger partial charge in [0.15, 0.2) is 0 Å². The predicted molar refractivity (Wildman–Crippen MR) is 67.5 cm³/mol. The number of nitriles is 1. The van der Waals surface area contributed by atoms with Crippen molar-refractivity contribution in [1.29, 1.82) is 5.26 Å². The third kappa shape index (κ3) is 2.56. The first-order valence-electron chi connectivity index (χ1n) is 6.12. The Bertz CT molecular complexity index is 424. The smallest absolute Gasteiger partial charge is 0.142 e. The van der Waals surface area contributed by atoms with Gasteiger partial charge in [0, 0.05) is 19.1 Å². The second-order valence-electron chi connectivity index (χ2n) is 4.56. The van der Waals surface area contributed by atoms with E-state index in [1.165, 1.54) is 0 Å². The fraction of sp³-hybridized carbons (Fsp3) is 0.538. The van der Waals surface area contributed by atoms with E-state index >= 15 is 0 Å². The summed E-state index contributed by atoms with van der Waals surface area (Å²) in [4.78, 5) is 6.57. The molecule has 2 heterocycles. The third-order valence-corrected chi connectivity index (χ3v) is 3.49. The van der Waals surface area contributed by atoms with Crippen LogP contribution in [-0.4, -0.2) is 24.1 Å². The molecule has 2 N–H and O–H groups in total. The van der Waals surface area contributed by atoms with Gasteiger partial charge in [0.1, 0.15) is 17.6 Å². The highest BCUT2D eigenvalue weighted by Crippen LogP contribution is 2.22. The Morgan fingerprint density at radius 2 is 2.41 bits per heavy atom. The molecule has 4 nitrogen and oxygen atoms in total. The molecule has 90 valence electrons. The number of nitrogens with zero attached hydrogens (tertiary/aromatic N) is 3. The molecule has 17 heavy (non-hydrogen) atoms. The predicted octanol–water partition coefficient (Wildman–Crippen LogP) is 1.52. The van der Waals surface area contributed by atoms with Gasteiger partial charge in [-0.05, 0) is 24.5 Å². The van der Waals surface area contributed by atoms with Crippen molar-refractivity contribution in [2.24, 2.45) is 11.7 Å². The average Bonchev–Trinajstić information content (AvgIpc) is 2.39. The van der Waals surface area contributed by atoms with Gasteiger partial charge in [0.25, 0.3) is 0 Å². The Labute approximate surface area is 102 Å². The molecule has 0 spiro atoms. The first kappa shape index (κ1) is 11.9. The molecule has 1 saturated heterocycles. The monoisotopic (exact) mass is 230 g/mol. The molecule has 0 amide bonds. The highest BCUT2D eigenvalue weighted by molar-refractivity contribution is 5.42. The van der Waals surface area contributed by atoms with Crippen LogP contribution in [0.25, 0.3) is 0 Å². The molecule has 0 bridgehead atoms. The molecule has 2 atom stereocenters. The SMILES string of the molecule is CCC1CN(c2cccc(C#N)n2)CCC1N. The molecule has 0 aromatic carbocycles. The van der Waals surface area contributed by atoms with Gasteiger partial charge in [-0.3, -0.25) is 0 Å². The molecular formula is C13H18N4. The van der Waals surface area contributed by atoms with Crippen molar-refractivity contribution >= 4 is 5.82 Å². The van der Waals surface area contributed by atoms with Gasteiger partial charge in [-0.25, -0.2) is 4.98 Å². The van der Waals surface area contributed by atoms with Crippen molar-refractivity contribution in [2.45, 2.75) is 25.8 Å². The van der Waals surface area contributed by atoms with Gasteiger partial charge >= 0.3 is 0 Å². The van der Waals surface area contributed by atoms with Crippen molar-refractivity contribution in [1.82, 2.24) is 4.98 Å².